The first kappa shape index (κ1) is 22.8. The van der Waals surface area contributed by atoms with Crippen molar-refractivity contribution in [3.05, 3.63) is 59.7 Å². The Labute approximate surface area is 193 Å². The molecule has 2 aromatic carbocycles. The van der Waals surface area contributed by atoms with E-state index in [9.17, 15) is 14.4 Å². The Hall–Kier alpha value is -3.35. The van der Waals surface area contributed by atoms with Gasteiger partial charge in [-0.2, -0.15) is 0 Å². The summed E-state index contributed by atoms with van der Waals surface area (Å²) in [5, 5.41) is 14.6. The quantitative estimate of drug-likeness (QED) is 0.534. The van der Waals surface area contributed by atoms with E-state index in [1.54, 1.807) is 13.8 Å². The highest BCUT2D eigenvalue weighted by Gasteiger charge is 2.39. The van der Waals surface area contributed by atoms with Crippen molar-refractivity contribution < 1.29 is 24.2 Å². The normalized spacial score (nSPS) is 15.8. The highest BCUT2D eigenvalue weighted by Crippen LogP contribution is 2.44. The van der Waals surface area contributed by atoms with E-state index in [4.69, 9.17) is 9.84 Å². The number of rotatable bonds is 9. The molecule has 2 amide bonds. The van der Waals surface area contributed by atoms with Crippen molar-refractivity contribution >= 4 is 18.0 Å². The van der Waals surface area contributed by atoms with Crippen LogP contribution in [0.4, 0.5) is 4.79 Å². The molecule has 7 nitrogen and oxygen atoms in total. The zero-order valence-electron chi connectivity index (χ0n) is 19.0. The Kier molecular flexibility index (Phi) is 6.40. The third kappa shape index (κ3) is 5.35. The van der Waals surface area contributed by atoms with Crippen molar-refractivity contribution in [2.75, 3.05) is 6.61 Å². The van der Waals surface area contributed by atoms with Gasteiger partial charge in [0.1, 0.15) is 12.6 Å². The molecule has 2 aromatic rings. The lowest BCUT2D eigenvalue weighted by Crippen LogP contribution is -2.54. The number of carbonyl (C=O) groups excluding carboxylic acids is 2. The molecule has 1 saturated carbocycles. The molecule has 0 radical (unpaired) electrons. The second-order valence-corrected chi connectivity index (χ2v) is 9.55. The number of alkyl carbamates (subject to hydrolysis) is 1. The fourth-order valence-corrected chi connectivity index (χ4v) is 4.49. The molecule has 33 heavy (non-hydrogen) atoms. The first-order valence-corrected chi connectivity index (χ1v) is 11.4. The number of benzene rings is 2. The summed E-state index contributed by atoms with van der Waals surface area (Å²) in [6.45, 7) is 3.75. The molecule has 1 fully saturated rings. The van der Waals surface area contributed by atoms with Crippen molar-refractivity contribution in [2.45, 2.75) is 57.0 Å². The monoisotopic (exact) mass is 450 g/mol. The Morgan fingerprint density at radius 1 is 1.03 bits per heavy atom. The van der Waals surface area contributed by atoms with Crippen LogP contribution in [0.15, 0.2) is 48.5 Å². The number of hydrogen-bond acceptors (Lipinski definition) is 4. The van der Waals surface area contributed by atoms with Crippen molar-refractivity contribution in [3.8, 4) is 11.1 Å². The molecule has 0 heterocycles. The van der Waals surface area contributed by atoms with Gasteiger partial charge in [0.2, 0.25) is 5.91 Å². The van der Waals surface area contributed by atoms with Crippen molar-refractivity contribution in [2.24, 2.45) is 5.92 Å². The summed E-state index contributed by atoms with van der Waals surface area (Å²) >= 11 is 0. The topological polar surface area (TPSA) is 105 Å². The zero-order valence-corrected chi connectivity index (χ0v) is 19.0. The fraction of sp³-hybridized carbons (Fsp3) is 0.423. The lowest BCUT2D eigenvalue weighted by Gasteiger charge is -2.28. The number of ether oxygens (including phenoxy) is 1. The Bertz CT molecular complexity index is 1010. The minimum Gasteiger partial charge on any atom is -0.481 e. The molecule has 0 aromatic heterocycles. The maximum Gasteiger partial charge on any atom is 0.407 e. The molecule has 2 aliphatic carbocycles. The highest BCUT2D eigenvalue weighted by atomic mass is 16.5. The summed E-state index contributed by atoms with van der Waals surface area (Å²) in [6.07, 6.45) is 1.36. The smallest absolute Gasteiger partial charge is 0.407 e. The predicted octanol–water partition coefficient (Wildman–Crippen LogP) is 4.06. The number of carboxylic acids is 1. The zero-order chi connectivity index (χ0) is 23.6. The van der Waals surface area contributed by atoms with Crippen molar-refractivity contribution in [3.63, 3.8) is 0 Å². The Balaban J connectivity index is 1.38. The summed E-state index contributed by atoms with van der Waals surface area (Å²) in [4.78, 5) is 36.4. The van der Waals surface area contributed by atoms with Crippen LogP contribution in [0.3, 0.4) is 0 Å². The van der Waals surface area contributed by atoms with Gasteiger partial charge in [-0.05, 0) is 61.3 Å². The standard InChI is InChI=1S/C26H30N2O5/c1-26(2,14-13-22(29)30)28-24(31)23(16-11-12-16)27-25(32)33-15-21-19-9-5-3-7-17(19)18-8-4-6-10-20(18)21/h3-10,16,21,23H,11-15H2,1-2H3,(H,27,32)(H,28,31)(H,29,30). The molecule has 1 unspecified atom stereocenters. The lowest BCUT2D eigenvalue weighted by atomic mass is 9.97. The van der Waals surface area contributed by atoms with E-state index in [-0.39, 0.29) is 30.8 Å². The van der Waals surface area contributed by atoms with E-state index >= 15 is 0 Å². The van der Waals surface area contributed by atoms with E-state index in [0.717, 1.165) is 35.1 Å². The van der Waals surface area contributed by atoms with Gasteiger partial charge in [0.25, 0.3) is 0 Å². The molecule has 0 saturated heterocycles. The van der Waals surface area contributed by atoms with Crippen LogP contribution >= 0.6 is 0 Å². The second-order valence-electron chi connectivity index (χ2n) is 9.55. The molecule has 0 spiro atoms. The van der Waals surface area contributed by atoms with E-state index in [0.29, 0.717) is 6.42 Å². The molecule has 0 bridgehead atoms. The minimum atomic E-state index is -0.909. The van der Waals surface area contributed by atoms with Crippen LogP contribution in [0, 0.1) is 5.92 Å². The van der Waals surface area contributed by atoms with Crippen LogP contribution in [0.1, 0.15) is 56.6 Å². The largest absolute Gasteiger partial charge is 0.481 e. The molecule has 174 valence electrons. The third-order valence-corrected chi connectivity index (χ3v) is 6.42. The average Bonchev–Trinajstić information content (AvgIpc) is 3.57. The minimum absolute atomic E-state index is 0.0405. The van der Waals surface area contributed by atoms with Gasteiger partial charge in [0, 0.05) is 17.9 Å². The van der Waals surface area contributed by atoms with Crippen LogP contribution in [-0.4, -0.2) is 41.3 Å². The number of aliphatic carboxylic acids is 1. The van der Waals surface area contributed by atoms with Gasteiger partial charge in [-0.25, -0.2) is 4.79 Å². The third-order valence-electron chi connectivity index (χ3n) is 6.42. The molecule has 3 N–H and O–H groups in total. The van der Waals surface area contributed by atoms with Crippen LogP contribution in [0.5, 0.6) is 0 Å². The highest BCUT2D eigenvalue weighted by molar-refractivity contribution is 5.87. The predicted molar refractivity (Wildman–Crippen MR) is 124 cm³/mol. The SMILES string of the molecule is CC(C)(CCC(=O)O)NC(=O)C(NC(=O)OCC1c2ccccc2-c2ccccc21)C1CC1. The van der Waals surface area contributed by atoms with Gasteiger partial charge in [-0.15, -0.1) is 0 Å². The van der Waals surface area contributed by atoms with Crippen molar-refractivity contribution in [1.29, 1.82) is 0 Å². The summed E-state index contributed by atoms with van der Waals surface area (Å²) in [5.74, 6) is -1.19. The summed E-state index contributed by atoms with van der Waals surface area (Å²) < 4.78 is 5.60. The van der Waals surface area contributed by atoms with Gasteiger partial charge >= 0.3 is 12.1 Å². The van der Waals surface area contributed by atoms with Crippen molar-refractivity contribution in [1.82, 2.24) is 10.6 Å². The maximum atomic E-state index is 12.9. The number of nitrogens with one attached hydrogen (secondary N) is 2. The van der Waals surface area contributed by atoms with E-state index in [2.05, 4.69) is 34.9 Å². The maximum absolute atomic E-state index is 12.9. The van der Waals surface area contributed by atoms with Gasteiger partial charge < -0.3 is 20.5 Å². The Morgan fingerprint density at radius 3 is 2.15 bits per heavy atom. The van der Waals surface area contributed by atoms with E-state index < -0.39 is 23.6 Å². The second kappa shape index (κ2) is 9.25. The molecule has 7 heteroatoms. The summed E-state index contributed by atoms with van der Waals surface area (Å²) in [7, 11) is 0. The number of carboxylic acid groups (broad SMARTS) is 1. The fourth-order valence-electron chi connectivity index (χ4n) is 4.49. The molecular weight excluding hydrogens is 420 g/mol. The number of hydrogen-bond donors (Lipinski definition) is 3. The van der Waals surface area contributed by atoms with Gasteiger partial charge in [-0.3, -0.25) is 9.59 Å². The van der Waals surface area contributed by atoms with Crippen LogP contribution in [0.2, 0.25) is 0 Å². The summed E-state index contributed by atoms with van der Waals surface area (Å²) in [6, 6.07) is 15.5. The number of carbonyl (C=O) groups is 3. The first-order chi connectivity index (χ1) is 15.7. The molecular formula is C26H30N2O5. The molecule has 0 aliphatic heterocycles. The first-order valence-electron chi connectivity index (χ1n) is 11.4. The lowest BCUT2D eigenvalue weighted by molar-refractivity contribution is -0.138. The molecule has 1 atom stereocenters. The van der Waals surface area contributed by atoms with Gasteiger partial charge in [-0.1, -0.05) is 48.5 Å². The molecule has 2 aliphatic rings. The van der Waals surface area contributed by atoms with Crippen LogP contribution < -0.4 is 10.6 Å². The van der Waals surface area contributed by atoms with E-state index in [1.807, 2.05) is 24.3 Å². The van der Waals surface area contributed by atoms with Crippen LogP contribution in [0.25, 0.3) is 11.1 Å². The number of fused-ring (bicyclic) bond motifs is 3. The Morgan fingerprint density at radius 2 is 1.61 bits per heavy atom. The van der Waals surface area contributed by atoms with Gasteiger partial charge in [0.15, 0.2) is 0 Å². The van der Waals surface area contributed by atoms with Crippen LogP contribution in [-0.2, 0) is 14.3 Å². The summed E-state index contributed by atoms with van der Waals surface area (Å²) in [5.41, 5.74) is 3.87. The molecule has 4 rings (SSSR count). The van der Waals surface area contributed by atoms with E-state index in [1.165, 1.54) is 0 Å². The van der Waals surface area contributed by atoms with Gasteiger partial charge in [0.05, 0.1) is 0 Å². The number of amides is 2. The average molecular weight is 451 g/mol.